The third-order valence-corrected chi connectivity index (χ3v) is 6.20. The molecule has 0 fully saturated rings. The fraction of sp³-hybridized carbons (Fsp3) is 0.611. The lowest BCUT2D eigenvalue weighted by Crippen LogP contribution is -2.33. The zero-order valence-electron chi connectivity index (χ0n) is 15.5. The molecule has 0 heterocycles. The van der Waals surface area contributed by atoms with Gasteiger partial charge < -0.3 is 5.32 Å². The number of hydrogen-bond donors (Lipinski definition) is 1. The standard InChI is InChI=1S/C18H29FN2O3S/c1-5-8-9-10-14(4)20-18(22)15-11-12-16(19)17(13-15)25(23,24)21(6-2)7-3/h11-14H,5-10H2,1-4H3,(H,20,22). The topological polar surface area (TPSA) is 66.5 Å². The van der Waals surface area contributed by atoms with Crippen molar-refractivity contribution in [3.8, 4) is 0 Å². The molecular formula is C18H29FN2O3S. The van der Waals surface area contributed by atoms with Crippen molar-refractivity contribution >= 4 is 15.9 Å². The lowest BCUT2D eigenvalue weighted by atomic mass is 10.1. The number of rotatable bonds is 10. The molecule has 1 rings (SSSR count). The van der Waals surface area contributed by atoms with E-state index < -0.39 is 20.7 Å². The molecule has 5 nitrogen and oxygen atoms in total. The van der Waals surface area contributed by atoms with Crippen LogP contribution in [0.15, 0.2) is 23.1 Å². The van der Waals surface area contributed by atoms with Gasteiger partial charge in [0.1, 0.15) is 10.7 Å². The maximum Gasteiger partial charge on any atom is 0.251 e. The predicted octanol–water partition coefficient (Wildman–Crippen LogP) is 3.55. The van der Waals surface area contributed by atoms with Gasteiger partial charge in [-0.2, -0.15) is 4.31 Å². The van der Waals surface area contributed by atoms with Gasteiger partial charge in [0.15, 0.2) is 0 Å². The van der Waals surface area contributed by atoms with Crippen LogP contribution >= 0.6 is 0 Å². The highest BCUT2D eigenvalue weighted by Gasteiger charge is 2.26. The minimum Gasteiger partial charge on any atom is -0.350 e. The molecule has 1 aromatic carbocycles. The van der Waals surface area contributed by atoms with E-state index in [2.05, 4.69) is 12.2 Å². The number of carbonyl (C=O) groups excluding carboxylic acids is 1. The van der Waals surface area contributed by atoms with Gasteiger partial charge in [-0.25, -0.2) is 12.8 Å². The number of halogens is 1. The maximum atomic E-state index is 14.1. The molecule has 0 spiro atoms. The Labute approximate surface area is 150 Å². The van der Waals surface area contributed by atoms with Crippen LogP contribution in [0.2, 0.25) is 0 Å². The van der Waals surface area contributed by atoms with Crippen LogP contribution < -0.4 is 5.32 Å². The largest absolute Gasteiger partial charge is 0.350 e. The molecule has 0 saturated carbocycles. The molecule has 7 heteroatoms. The van der Waals surface area contributed by atoms with Crippen molar-refractivity contribution in [1.29, 1.82) is 0 Å². The van der Waals surface area contributed by atoms with E-state index in [0.29, 0.717) is 0 Å². The first-order chi connectivity index (χ1) is 11.8. The molecule has 0 saturated heterocycles. The Balaban J connectivity index is 2.99. The van der Waals surface area contributed by atoms with Crippen LogP contribution in [0.3, 0.4) is 0 Å². The van der Waals surface area contributed by atoms with E-state index in [4.69, 9.17) is 0 Å². The van der Waals surface area contributed by atoms with Crippen molar-refractivity contribution in [2.45, 2.75) is 64.3 Å². The zero-order chi connectivity index (χ0) is 19.0. The molecule has 1 amide bonds. The number of amides is 1. The van der Waals surface area contributed by atoms with Crippen LogP contribution in [0.5, 0.6) is 0 Å². The Kier molecular flexibility index (Phi) is 8.52. The second-order valence-electron chi connectivity index (χ2n) is 6.10. The van der Waals surface area contributed by atoms with Gasteiger partial charge in [-0.05, 0) is 31.5 Å². The number of nitrogens with zero attached hydrogens (tertiary/aromatic N) is 1. The van der Waals surface area contributed by atoms with Gasteiger partial charge in [-0.1, -0.05) is 40.0 Å². The summed E-state index contributed by atoms with van der Waals surface area (Å²) < 4.78 is 40.3. The Hall–Kier alpha value is -1.47. The fourth-order valence-corrected chi connectivity index (χ4v) is 4.17. The molecular weight excluding hydrogens is 343 g/mol. The van der Waals surface area contributed by atoms with Gasteiger partial charge in [-0.15, -0.1) is 0 Å². The Bertz CT molecular complexity index is 673. The van der Waals surface area contributed by atoms with E-state index in [1.165, 1.54) is 10.4 Å². The molecule has 0 radical (unpaired) electrons. The van der Waals surface area contributed by atoms with E-state index in [1.54, 1.807) is 13.8 Å². The molecule has 0 aliphatic heterocycles. The van der Waals surface area contributed by atoms with Crippen LogP contribution in [0, 0.1) is 5.82 Å². The van der Waals surface area contributed by atoms with Crippen molar-refractivity contribution in [3.05, 3.63) is 29.6 Å². The molecule has 0 aromatic heterocycles. The van der Waals surface area contributed by atoms with Gasteiger partial charge in [0.25, 0.3) is 5.91 Å². The van der Waals surface area contributed by atoms with E-state index in [1.807, 2.05) is 6.92 Å². The Morgan fingerprint density at radius 1 is 1.20 bits per heavy atom. The summed E-state index contributed by atoms with van der Waals surface area (Å²) in [7, 11) is -3.96. The molecule has 1 unspecified atom stereocenters. The zero-order valence-corrected chi connectivity index (χ0v) is 16.3. The highest BCUT2D eigenvalue weighted by Crippen LogP contribution is 2.21. The van der Waals surface area contributed by atoms with Gasteiger partial charge in [-0.3, -0.25) is 4.79 Å². The summed E-state index contributed by atoms with van der Waals surface area (Å²) in [6.45, 7) is 7.87. The van der Waals surface area contributed by atoms with E-state index in [-0.39, 0.29) is 30.6 Å². The summed E-state index contributed by atoms with van der Waals surface area (Å²) in [6.07, 6.45) is 4.07. The van der Waals surface area contributed by atoms with Gasteiger partial charge in [0, 0.05) is 24.7 Å². The maximum absolute atomic E-state index is 14.1. The van der Waals surface area contributed by atoms with Crippen LogP contribution in [0.25, 0.3) is 0 Å². The lowest BCUT2D eigenvalue weighted by molar-refractivity contribution is 0.0937. The molecule has 0 bridgehead atoms. The summed E-state index contributed by atoms with van der Waals surface area (Å²) in [6, 6.07) is 3.45. The van der Waals surface area contributed by atoms with Gasteiger partial charge >= 0.3 is 0 Å². The molecule has 0 aliphatic carbocycles. The smallest absolute Gasteiger partial charge is 0.251 e. The van der Waals surface area contributed by atoms with Crippen LogP contribution in [-0.2, 0) is 10.0 Å². The van der Waals surface area contributed by atoms with Crippen LogP contribution in [0.4, 0.5) is 4.39 Å². The first-order valence-electron chi connectivity index (χ1n) is 8.88. The number of hydrogen-bond acceptors (Lipinski definition) is 3. The lowest BCUT2D eigenvalue weighted by Gasteiger charge is -2.19. The van der Waals surface area contributed by atoms with Crippen molar-refractivity contribution in [2.24, 2.45) is 0 Å². The molecule has 142 valence electrons. The first kappa shape index (κ1) is 21.6. The van der Waals surface area contributed by atoms with Gasteiger partial charge in [0.05, 0.1) is 0 Å². The number of nitrogens with one attached hydrogen (secondary N) is 1. The van der Waals surface area contributed by atoms with Gasteiger partial charge in [0.2, 0.25) is 10.0 Å². The number of carbonyl (C=O) groups is 1. The highest BCUT2D eigenvalue weighted by molar-refractivity contribution is 7.89. The first-order valence-corrected chi connectivity index (χ1v) is 10.3. The fourth-order valence-electron chi connectivity index (χ4n) is 2.62. The van der Waals surface area contributed by atoms with Crippen molar-refractivity contribution in [1.82, 2.24) is 9.62 Å². The molecule has 25 heavy (non-hydrogen) atoms. The molecule has 1 aromatic rings. The summed E-state index contributed by atoms with van der Waals surface area (Å²) in [4.78, 5) is 11.9. The molecule has 1 N–H and O–H groups in total. The van der Waals surface area contributed by atoms with Crippen molar-refractivity contribution in [3.63, 3.8) is 0 Å². The summed E-state index contributed by atoms with van der Waals surface area (Å²) in [5.74, 6) is -1.24. The van der Waals surface area contributed by atoms with Crippen molar-refractivity contribution in [2.75, 3.05) is 13.1 Å². The number of unbranched alkanes of at least 4 members (excludes halogenated alkanes) is 2. The molecule has 0 aliphatic rings. The van der Waals surface area contributed by atoms with Crippen molar-refractivity contribution < 1.29 is 17.6 Å². The van der Waals surface area contributed by atoms with Crippen LogP contribution in [-0.4, -0.2) is 37.8 Å². The second-order valence-corrected chi connectivity index (χ2v) is 8.01. The number of benzene rings is 1. The average molecular weight is 373 g/mol. The minimum atomic E-state index is -3.96. The quantitative estimate of drug-likeness (QED) is 0.639. The van der Waals surface area contributed by atoms with E-state index in [0.717, 1.165) is 37.8 Å². The third kappa shape index (κ3) is 5.78. The summed E-state index contributed by atoms with van der Waals surface area (Å²) >= 11 is 0. The minimum absolute atomic E-state index is 0.0213. The number of sulfonamides is 1. The second kappa shape index (κ2) is 9.87. The third-order valence-electron chi connectivity index (χ3n) is 4.13. The SMILES string of the molecule is CCCCCC(C)NC(=O)c1ccc(F)c(S(=O)(=O)N(CC)CC)c1. The average Bonchev–Trinajstić information content (AvgIpc) is 2.56. The van der Waals surface area contributed by atoms with Crippen LogP contribution in [0.1, 0.15) is 63.7 Å². The summed E-state index contributed by atoms with van der Waals surface area (Å²) in [5, 5.41) is 2.84. The van der Waals surface area contributed by atoms with E-state index >= 15 is 0 Å². The Morgan fingerprint density at radius 3 is 2.40 bits per heavy atom. The highest BCUT2D eigenvalue weighted by atomic mass is 32.2. The molecule has 1 atom stereocenters. The predicted molar refractivity (Wildman–Crippen MR) is 97.6 cm³/mol. The normalized spacial score (nSPS) is 13.0. The monoisotopic (exact) mass is 372 g/mol. The summed E-state index contributed by atoms with van der Waals surface area (Å²) in [5.41, 5.74) is 0.148. The Morgan fingerprint density at radius 2 is 1.84 bits per heavy atom. The van der Waals surface area contributed by atoms with E-state index in [9.17, 15) is 17.6 Å².